The Morgan fingerprint density at radius 2 is 1.85 bits per heavy atom. The Morgan fingerprint density at radius 3 is 2.59 bits per heavy atom. The molecule has 3 N–H and O–H groups in total. The number of aromatic amines is 1. The fourth-order valence-electron chi connectivity index (χ4n) is 3.60. The Bertz CT molecular complexity index is 1500. The van der Waals surface area contributed by atoms with Crippen LogP contribution in [0.25, 0.3) is 22.2 Å². The molecule has 0 radical (unpaired) electrons. The molecule has 174 valence electrons. The first-order chi connectivity index (χ1) is 16.4. The maximum Gasteiger partial charge on any atom is 0.290 e. The lowest BCUT2D eigenvalue weighted by Crippen LogP contribution is -2.44. The van der Waals surface area contributed by atoms with Crippen LogP contribution in [0.3, 0.4) is 0 Å². The van der Waals surface area contributed by atoms with E-state index in [9.17, 15) is 14.4 Å². The highest BCUT2D eigenvalue weighted by Gasteiger charge is 2.18. The van der Waals surface area contributed by atoms with Gasteiger partial charge in [0.1, 0.15) is 6.54 Å². The number of aryl methyl sites for hydroxylation is 2. The zero-order valence-electron chi connectivity index (χ0n) is 18.7. The summed E-state index contributed by atoms with van der Waals surface area (Å²) in [4.78, 5) is 38.1. The monoisotopic (exact) mass is 477 g/mol. The van der Waals surface area contributed by atoms with E-state index in [2.05, 4.69) is 26.1 Å². The third-order valence-corrected chi connectivity index (χ3v) is 5.48. The minimum absolute atomic E-state index is 0.0457. The van der Waals surface area contributed by atoms with Gasteiger partial charge in [0, 0.05) is 17.5 Å². The van der Waals surface area contributed by atoms with Crippen LogP contribution in [0, 0.1) is 11.7 Å². The summed E-state index contributed by atoms with van der Waals surface area (Å²) in [5.74, 6) is -0.635. The van der Waals surface area contributed by atoms with E-state index in [1.165, 1.54) is 4.68 Å². The first-order valence-corrected chi connectivity index (χ1v) is 11.1. The second-order valence-electron chi connectivity index (χ2n) is 7.73. The predicted molar refractivity (Wildman–Crippen MR) is 129 cm³/mol. The minimum atomic E-state index is -0.635. The second kappa shape index (κ2) is 9.79. The Kier molecular flexibility index (Phi) is 6.64. The molecule has 2 heterocycles. The molecule has 0 unspecified atom stereocenters. The number of benzene rings is 2. The summed E-state index contributed by atoms with van der Waals surface area (Å²) in [7, 11) is 0. The van der Waals surface area contributed by atoms with Crippen molar-refractivity contribution in [1.29, 1.82) is 0 Å². The molecule has 0 spiro atoms. The molecule has 34 heavy (non-hydrogen) atoms. The first-order valence-electron chi connectivity index (χ1n) is 10.7. The Hall–Kier alpha value is -4.12. The summed E-state index contributed by atoms with van der Waals surface area (Å²) in [5, 5.41) is 11.9. The highest BCUT2D eigenvalue weighted by Crippen LogP contribution is 2.18. The van der Waals surface area contributed by atoms with Crippen molar-refractivity contribution in [2.24, 2.45) is 0 Å². The molecule has 11 heteroatoms. The predicted octanol–water partition coefficient (Wildman–Crippen LogP) is 2.50. The lowest BCUT2D eigenvalue weighted by molar-refractivity contribution is -0.122. The molecule has 0 bridgehead atoms. The molecular formula is C23H23N7O3S. The van der Waals surface area contributed by atoms with Gasteiger partial charge in [0.25, 0.3) is 17.4 Å². The van der Waals surface area contributed by atoms with Crippen molar-refractivity contribution >= 4 is 34.8 Å². The van der Waals surface area contributed by atoms with Gasteiger partial charge >= 0.3 is 0 Å². The smallest absolute Gasteiger partial charge is 0.290 e. The van der Waals surface area contributed by atoms with Crippen LogP contribution >= 0.6 is 12.2 Å². The van der Waals surface area contributed by atoms with E-state index in [4.69, 9.17) is 12.2 Å². The van der Waals surface area contributed by atoms with E-state index in [0.717, 1.165) is 11.1 Å². The third-order valence-electron chi connectivity index (χ3n) is 5.17. The quantitative estimate of drug-likeness (QED) is 0.289. The maximum atomic E-state index is 12.9. The summed E-state index contributed by atoms with van der Waals surface area (Å²) >= 11 is 5.28. The Balaban J connectivity index is 1.53. The van der Waals surface area contributed by atoms with Crippen molar-refractivity contribution in [1.82, 2.24) is 35.4 Å². The summed E-state index contributed by atoms with van der Waals surface area (Å²) in [6.45, 7) is 4.08. The van der Waals surface area contributed by atoms with Gasteiger partial charge in [-0.3, -0.25) is 34.9 Å². The molecule has 4 rings (SSSR count). The number of carbonyl (C=O) groups is 2. The molecule has 10 nitrogen and oxygen atoms in total. The number of H-pyrrole nitrogens is 1. The standard InChI is InChI=1S/C23H23N7O3S/c1-3-11-30-22(33)17-10-5-4-9-16(17)19(28-30)21(32)26-24-18(31)13-29-20(25-27-23(29)34)15-8-6-7-14(2)12-15/h4-10,12H,3,11,13H2,1-2H3,(H,24,31)(H,26,32)(H,27,34). The summed E-state index contributed by atoms with van der Waals surface area (Å²) < 4.78 is 3.08. The van der Waals surface area contributed by atoms with Gasteiger partial charge in [-0.15, -0.1) is 0 Å². The van der Waals surface area contributed by atoms with Crippen molar-refractivity contribution in [3.63, 3.8) is 0 Å². The summed E-state index contributed by atoms with van der Waals surface area (Å²) in [6, 6.07) is 14.4. The molecule has 0 saturated heterocycles. The van der Waals surface area contributed by atoms with Crippen LogP contribution in [0.4, 0.5) is 0 Å². The van der Waals surface area contributed by atoms with E-state index in [1.807, 2.05) is 38.1 Å². The number of fused-ring (bicyclic) bond motifs is 1. The molecule has 2 amide bonds. The minimum Gasteiger partial charge on any atom is -0.291 e. The number of hydrogen-bond donors (Lipinski definition) is 3. The van der Waals surface area contributed by atoms with Gasteiger partial charge < -0.3 is 0 Å². The molecule has 0 aliphatic carbocycles. The van der Waals surface area contributed by atoms with E-state index >= 15 is 0 Å². The molecule has 2 aromatic heterocycles. The maximum absolute atomic E-state index is 12.9. The van der Waals surface area contributed by atoms with Gasteiger partial charge in [0.15, 0.2) is 16.3 Å². The Labute approximate surface area is 199 Å². The zero-order valence-corrected chi connectivity index (χ0v) is 19.5. The van der Waals surface area contributed by atoms with Crippen LogP contribution in [0.15, 0.2) is 53.3 Å². The summed E-state index contributed by atoms with van der Waals surface area (Å²) in [5.41, 5.74) is 6.40. The van der Waals surface area contributed by atoms with Crippen LogP contribution in [-0.2, 0) is 17.9 Å². The molecule has 0 saturated carbocycles. The van der Waals surface area contributed by atoms with Gasteiger partial charge in [0.2, 0.25) is 0 Å². The lowest BCUT2D eigenvalue weighted by atomic mass is 10.1. The van der Waals surface area contributed by atoms with Gasteiger partial charge in [-0.25, -0.2) is 4.68 Å². The number of rotatable bonds is 6. The molecule has 0 aliphatic rings. The van der Waals surface area contributed by atoms with Crippen LogP contribution in [-0.4, -0.2) is 36.4 Å². The van der Waals surface area contributed by atoms with Gasteiger partial charge in [-0.05, 0) is 37.7 Å². The van der Waals surface area contributed by atoms with Crippen molar-refractivity contribution in [2.45, 2.75) is 33.4 Å². The van der Waals surface area contributed by atoms with Crippen LogP contribution in [0.1, 0.15) is 29.4 Å². The number of nitrogens with zero attached hydrogens (tertiary/aromatic N) is 4. The third kappa shape index (κ3) is 4.64. The highest BCUT2D eigenvalue weighted by molar-refractivity contribution is 7.71. The molecular weight excluding hydrogens is 454 g/mol. The lowest BCUT2D eigenvalue weighted by Gasteiger charge is -2.12. The average Bonchev–Trinajstić information content (AvgIpc) is 3.19. The number of aromatic nitrogens is 5. The number of hydrogen-bond acceptors (Lipinski definition) is 6. The van der Waals surface area contributed by atoms with Crippen molar-refractivity contribution in [3.05, 3.63) is 74.9 Å². The fraction of sp³-hybridized carbons (Fsp3) is 0.217. The van der Waals surface area contributed by atoms with Crippen LogP contribution < -0.4 is 16.4 Å². The average molecular weight is 478 g/mol. The van der Waals surface area contributed by atoms with Crippen LogP contribution in [0.2, 0.25) is 0 Å². The number of carbonyl (C=O) groups excluding carboxylic acids is 2. The largest absolute Gasteiger partial charge is 0.291 e. The second-order valence-corrected chi connectivity index (χ2v) is 8.12. The van der Waals surface area contributed by atoms with E-state index in [-0.39, 0.29) is 22.6 Å². The van der Waals surface area contributed by atoms with E-state index in [1.54, 1.807) is 28.8 Å². The molecule has 2 aromatic carbocycles. The van der Waals surface area contributed by atoms with E-state index in [0.29, 0.717) is 29.6 Å². The molecule has 0 fully saturated rings. The number of nitrogens with one attached hydrogen (secondary N) is 3. The van der Waals surface area contributed by atoms with Gasteiger partial charge in [-0.2, -0.15) is 10.2 Å². The topological polar surface area (TPSA) is 127 Å². The van der Waals surface area contributed by atoms with Gasteiger partial charge in [0.05, 0.1) is 5.39 Å². The fourth-order valence-corrected chi connectivity index (χ4v) is 3.80. The Morgan fingerprint density at radius 1 is 1.09 bits per heavy atom. The van der Waals surface area contributed by atoms with Crippen molar-refractivity contribution in [2.75, 3.05) is 0 Å². The van der Waals surface area contributed by atoms with Gasteiger partial charge in [-0.1, -0.05) is 48.9 Å². The van der Waals surface area contributed by atoms with Crippen molar-refractivity contribution < 1.29 is 9.59 Å². The van der Waals surface area contributed by atoms with E-state index < -0.39 is 11.8 Å². The molecule has 0 atom stereocenters. The normalized spacial score (nSPS) is 10.9. The summed E-state index contributed by atoms with van der Waals surface area (Å²) in [6.07, 6.45) is 0.678. The molecule has 0 aliphatic heterocycles. The first kappa shape index (κ1) is 23.1. The SMILES string of the molecule is CCCn1nc(C(=O)NNC(=O)Cn2c(-c3cccc(C)c3)n[nH]c2=S)c2ccccc2c1=O. The number of hydrazine groups is 1. The van der Waals surface area contributed by atoms with Crippen molar-refractivity contribution in [3.8, 4) is 11.4 Å². The highest BCUT2D eigenvalue weighted by atomic mass is 32.1. The van der Waals surface area contributed by atoms with Crippen LogP contribution in [0.5, 0.6) is 0 Å². The number of amides is 2. The zero-order chi connectivity index (χ0) is 24.2. The molecule has 4 aromatic rings.